The van der Waals surface area contributed by atoms with Gasteiger partial charge in [-0.15, -0.1) is 0 Å². The van der Waals surface area contributed by atoms with Crippen molar-refractivity contribution in [3.8, 4) is 0 Å². The fraction of sp³-hybridized carbons (Fsp3) is 0.800. The molecule has 102 valence electrons. The summed E-state index contributed by atoms with van der Waals surface area (Å²) >= 11 is 0. The van der Waals surface area contributed by atoms with Crippen LogP contribution in [0.5, 0.6) is 0 Å². The van der Waals surface area contributed by atoms with Crippen LogP contribution in [0.25, 0.3) is 0 Å². The molecule has 2 rings (SSSR count). The van der Waals surface area contributed by atoms with Crippen LogP contribution in [0.3, 0.4) is 0 Å². The summed E-state index contributed by atoms with van der Waals surface area (Å²) < 4.78 is 2.27. The fourth-order valence-electron chi connectivity index (χ4n) is 2.72. The zero-order valence-corrected chi connectivity index (χ0v) is 12.2. The summed E-state index contributed by atoms with van der Waals surface area (Å²) in [5.41, 5.74) is 1.31. The summed E-state index contributed by atoms with van der Waals surface area (Å²) in [6, 6.07) is 0. The maximum Gasteiger partial charge on any atom is 0.0950 e. The van der Waals surface area contributed by atoms with Gasteiger partial charge in [0.05, 0.1) is 12.0 Å². The van der Waals surface area contributed by atoms with Gasteiger partial charge in [-0.2, -0.15) is 0 Å². The van der Waals surface area contributed by atoms with Crippen LogP contribution in [-0.2, 0) is 13.1 Å². The van der Waals surface area contributed by atoms with Gasteiger partial charge in [-0.25, -0.2) is 4.98 Å². The molecular weight excluding hydrogens is 222 g/mol. The predicted octanol–water partition coefficient (Wildman–Crippen LogP) is 3.21. The molecule has 1 saturated carbocycles. The SMILES string of the molecule is CC1CCCC1Cn1cnc(CNC(C)(C)C)c1. The number of nitrogens with one attached hydrogen (secondary N) is 1. The van der Waals surface area contributed by atoms with Crippen molar-refractivity contribution in [2.45, 2.75) is 65.6 Å². The molecule has 3 heteroatoms. The summed E-state index contributed by atoms with van der Waals surface area (Å²) in [7, 11) is 0. The van der Waals surface area contributed by atoms with Crippen molar-refractivity contribution in [1.29, 1.82) is 0 Å². The van der Waals surface area contributed by atoms with Gasteiger partial charge in [0, 0.05) is 24.8 Å². The zero-order chi connectivity index (χ0) is 13.2. The number of hydrogen-bond acceptors (Lipinski definition) is 2. The Balaban J connectivity index is 1.86. The van der Waals surface area contributed by atoms with Crippen molar-refractivity contribution in [3.05, 3.63) is 18.2 Å². The molecule has 0 radical (unpaired) electrons. The van der Waals surface area contributed by atoms with E-state index < -0.39 is 0 Å². The molecule has 0 bridgehead atoms. The lowest BCUT2D eigenvalue weighted by atomic mass is 9.98. The second-order valence-electron chi connectivity index (χ2n) is 6.83. The van der Waals surface area contributed by atoms with Gasteiger partial charge in [-0.3, -0.25) is 0 Å². The van der Waals surface area contributed by atoms with Crippen molar-refractivity contribution in [2.75, 3.05) is 0 Å². The van der Waals surface area contributed by atoms with Gasteiger partial charge in [0.15, 0.2) is 0 Å². The molecule has 1 aromatic rings. The number of nitrogens with zero attached hydrogens (tertiary/aromatic N) is 2. The number of rotatable bonds is 4. The molecule has 1 aliphatic carbocycles. The van der Waals surface area contributed by atoms with E-state index in [2.05, 4.69) is 48.8 Å². The normalized spacial score (nSPS) is 24.7. The van der Waals surface area contributed by atoms with Crippen LogP contribution in [0.1, 0.15) is 52.7 Å². The van der Waals surface area contributed by atoms with Crippen LogP contribution in [0.4, 0.5) is 0 Å². The zero-order valence-electron chi connectivity index (χ0n) is 12.2. The van der Waals surface area contributed by atoms with E-state index in [0.717, 1.165) is 30.6 Å². The highest BCUT2D eigenvalue weighted by atomic mass is 15.1. The first-order valence-electron chi connectivity index (χ1n) is 7.20. The molecule has 0 spiro atoms. The fourth-order valence-corrected chi connectivity index (χ4v) is 2.72. The Bertz CT molecular complexity index is 375. The van der Waals surface area contributed by atoms with Crippen molar-refractivity contribution >= 4 is 0 Å². The van der Waals surface area contributed by atoms with E-state index in [0.29, 0.717) is 0 Å². The first-order valence-corrected chi connectivity index (χ1v) is 7.20. The molecule has 1 aromatic heterocycles. The van der Waals surface area contributed by atoms with E-state index in [1.54, 1.807) is 0 Å². The molecule has 1 fully saturated rings. The number of aromatic nitrogens is 2. The minimum atomic E-state index is 0.156. The molecule has 1 aliphatic rings. The highest BCUT2D eigenvalue weighted by molar-refractivity contribution is 4.97. The molecule has 1 N–H and O–H groups in total. The smallest absolute Gasteiger partial charge is 0.0950 e. The molecule has 2 atom stereocenters. The Hall–Kier alpha value is -0.830. The summed E-state index contributed by atoms with van der Waals surface area (Å²) in [6.07, 6.45) is 8.38. The third-order valence-corrected chi connectivity index (χ3v) is 3.97. The van der Waals surface area contributed by atoms with Crippen LogP contribution in [0, 0.1) is 11.8 Å². The van der Waals surface area contributed by atoms with Gasteiger partial charge in [0.1, 0.15) is 0 Å². The van der Waals surface area contributed by atoms with E-state index in [4.69, 9.17) is 0 Å². The Morgan fingerprint density at radius 1 is 1.39 bits per heavy atom. The largest absolute Gasteiger partial charge is 0.337 e. The van der Waals surface area contributed by atoms with Gasteiger partial charge >= 0.3 is 0 Å². The van der Waals surface area contributed by atoms with Crippen LogP contribution >= 0.6 is 0 Å². The third-order valence-electron chi connectivity index (χ3n) is 3.97. The summed E-state index contributed by atoms with van der Waals surface area (Å²) in [5, 5.41) is 3.48. The molecule has 2 unspecified atom stereocenters. The molecule has 0 amide bonds. The monoisotopic (exact) mass is 249 g/mol. The lowest BCUT2D eigenvalue weighted by molar-refractivity contribution is 0.363. The topological polar surface area (TPSA) is 29.9 Å². The Kier molecular flexibility index (Phi) is 4.10. The molecule has 1 heterocycles. The van der Waals surface area contributed by atoms with Gasteiger partial charge in [-0.1, -0.05) is 19.8 Å². The van der Waals surface area contributed by atoms with Crippen LogP contribution in [0.15, 0.2) is 12.5 Å². The average Bonchev–Trinajstić information content (AvgIpc) is 2.86. The predicted molar refractivity (Wildman–Crippen MR) is 75.3 cm³/mol. The van der Waals surface area contributed by atoms with Crippen molar-refractivity contribution in [1.82, 2.24) is 14.9 Å². The highest BCUT2D eigenvalue weighted by Crippen LogP contribution is 2.32. The van der Waals surface area contributed by atoms with E-state index in [1.165, 1.54) is 19.3 Å². The lowest BCUT2D eigenvalue weighted by Crippen LogP contribution is -2.35. The quantitative estimate of drug-likeness (QED) is 0.888. The second kappa shape index (κ2) is 5.43. The Morgan fingerprint density at radius 3 is 2.78 bits per heavy atom. The van der Waals surface area contributed by atoms with Crippen molar-refractivity contribution < 1.29 is 0 Å². The van der Waals surface area contributed by atoms with Gasteiger partial charge in [0.25, 0.3) is 0 Å². The van der Waals surface area contributed by atoms with E-state index >= 15 is 0 Å². The molecule has 0 aliphatic heterocycles. The van der Waals surface area contributed by atoms with E-state index in [1.807, 2.05) is 6.33 Å². The second-order valence-corrected chi connectivity index (χ2v) is 6.83. The summed E-state index contributed by atoms with van der Waals surface area (Å²) in [6.45, 7) is 10.9. The van der Waals surface area contributed by atoms with Gasteiger partial charge in [0.2, 0.25) is 0 Å². The van der Waals surface area contributed by atoms with E-state index in [-0.39, 0.29) is 5.54 Å². The maximum absolute atomic E-state index is 4.49. The average molecular weight is 249 g/mol. The molecule has 0 aromatic carbocycles. The first-order chi connectivity index (χ1) is 8.44. The molecule has 18 heavy (non-hydrogen) atoms. The lowest BCUT2D eigenvalue weighted by Gasteiger charge is -2.19. The minimum Gasteiger partial charge on any atom is -0.337 e. The number of imidazole rings is 1. The molecular formula is C15H27N3. The van der Waals surface area contributed by atoms with Crippen LogP contribution in [0.2, 0.25) is 0 Å². The van der Waals surface area contributed by atoms with Crippen LogP contribution < -0.4 is 5.32 Å². The number of hydrogen-bond donors (Lipinski definition) is 1. The van der Waals surface area contributed by atoms with Crippen molar-refractivity contribution in [3.63, 3.8) is 0 Å². The van der Waals surface area contributed by atoms with Crippen LogP contribution in [-0.4, -0.2) is 15.1 Å². The van der Waals surface area contributed by atoms with Crippen molar-refractivity contribution in [2.24, 2.45) is 11.8 Å². The van der Waals surface area contributed by atoms with Gasteiger partial charge in [-0.05, 0) is 39.0 Å². The summed E-state index contributed by atoms with van der Waals surface area (Å²) in [4.78, 5) is 4.49. The Labute approximate surface area is 111 Å². The molecule has 0 saturated heterocycles. The minimum absolute atomic E-state index is 0.156. The Morgan fingerprint density at radius 2 is 2.17 bits per heavy atom. The standard InChI is InChI=1S/C15H27N3/c1-12-6-5-7-13(12)9-18-10-14(16-11-18)8-17-15(2,3)4/h10-13,17H,5-9H2,1-4H3. The maximum atomic E-state index is 4.49. The van der Waals surface area contributed by atoms with Gasteiger partial charge < -0.3 is 9.88 Å². The molecule has 3 nitrogen and oxygen atoms in total. The van der Waals surface area contributed by atoms with E-state index in [9.17, 15) is 0 Å². The third kappa shape index (κ3) is 3.84. The highest BCUT2D eigenvalue weighted by Gasteiger charge is 2.23. The summed E-state index contributed by atoms with van der Waals surface area (Å²) in [5.74, 6) is 1.73. The first kappa shape index (κ1) is 13.6.